The van der Waals surface area contributed by atoms with Crippen molar-refractivity contribution in [1.82, 2.24) is 4.98 Å². The maximum atomic E-state index is 11.1. The van der Waals surface area contributed by atoms with E-state index in [1.165, 1.54) is 6.07 Å². The van der Waals surface area contributed by atoms with E-state index in [0.29, 0.717) is 22.2 Å². The fraction of sp³-hybridized carbons (Fsp3) is 0.182. The van der Waals surface area contributed by atoms with Crippen LogP contribution in [-0.2, 0) is 6.54 Å². The Morgan fingerprint density at radius 1 is 1.50 bits per heavy atom. The van der Waals surface area contributed by atoms with Crippen LogP contribution in [0.4, 0.5) is 0 Å². The third-order valence-corrected chi connectivity index (χ3v) is 2.65. The van der Waals surface area contributed by atoms with E-state index in [1.807, 2.05) is 0 Å². The molecule has 0 bridgehead atoms. The van der Waals surface area contributed by atoms with Gasteiger partial charge in [-0.25, -0.2) is 4.79 Å². The van der Waals surface area contributed by atoms with E-state index >= 15 is 0 Å². The molecule has 0 fully saturated rings. The number of aryl methyl sites for hydroxylation is 1. The Hall–Kier alpha value is -2.01. The fourth-order valence-corrected chi connectivity index (χ4v) is 1.95. The maximum absolute atomic E-state index is 11.1. The number of fused-ring (bicyclic) bond motifs is 1. The van der Waals surface area contributed by atoms with Crippen LogP contribution in [0.25, 0.3) is 10.9 Å². The number of aromatic amines is 1. The Balaban J connectivity index is 2.94. The van der Waals surface area contributed by atoms with Crippen molar-refractivity contribution in [3.63, 3.8) is 0 Å². The number of phenolic OH excluding ortho intramolecular Hbond substituents is 1. The molecule has 5 heteroatoms. The minimum absolute atomic E-state index is 0.0245. The molecule has 0 saturated heterocycles. The molecule has 0 aliphatic heterocycles. The highest BCUT2D eigenvalue weighted by molar-refractivity contribution is 6.06. The normalized spacial score (nSPS) is 10.9. The number of H-pyrrole nitrogens is 1. The third kappa shape index (κ3) is 1.33. The molecule has 0 radical (unpaired) electrons. The molecule has 16 heavy (non-hydrogen) atoms. The average Bonchev–Trinajstić information content (AvgIpc) is 2.54. The number of nitrogens with two attached hydrogens (primary N) is 1. The van der Waals surface area contributed by atoms with Gasteiger partial charge in [0.15, 0.2) is 0 Å². The van der Waals surface area contributed by atoms with Crippen molar-refractivity contribution in [3.8, 4) is 5.75 Å². The predicted octanol–water partition coefficient (Wildman–Crippen LogP) is 1.34. The summed E-state index contributed by atoms with van der Waals surface area (Å²) in [6.45, 7) is 1.78. The quantitative estimate of drug-likeness (QED) is 0.613. The van der Waals surface area contributed by atoms with Crippen LogP contribution in [0, 0.1) is 6.92 Å². The van der Waals surface area contributed by atoms with E-state index < -0.39 is 5.97 Å². The fourth-order valence-electron chi connectivity index (χ4n) is 1.95. The number of carboxylic acid groups (broad SMARTS) is 1. The highest BCUT2D eigenvalue weighted by atomic mass is 16.4. The number of aromatic carboxylic acids is 1. The molecule has 0 aliphatic carbocycles. The average molecular weight is 220 g/mol. The van der Waals surface area contributed by atoms with Crippen LogP contribution in [0.5, 0.6) is 5.75 Å². The number of hydrogen-bond acceptors (Lipinski definition) is 3. The van der Waals surface area contributed by atoms with E-state index in [9.17, 15) is 9.90 Å². The molecule has 0 aliphatic rings. The lowest BCUT2D eigenvalue weighted by molar-refractivity contribution is 0.0698. The number of benzene rings is 1. The molecule has 84 valence electrons. The van der Waals surface area contributed by atoms with Crippen LogP contribution in [0.1, 0.15) is 21.6 Å². The topological polar surface area (TPSA) is 99.3 Å². The van der Waals surface area contributed by atoms with E-state index in [-0.39, 0.29) is 17.9 Å². The first-order valence-corrected chi connectivity index (χ1v) is 4.82. The van der Waals surface area contributed by atoms with Gasteiger partial charge in [0.05, 0.1) is 5.56 Å². The zero-order chi connectivity index (χ0) is 11.9. The molecule has 1 aromatic carbocycles. The number of nitrogens with one attached hydrogen (secondary N) is 1. The van der Waals surface area contributed by atoms with Gasteiger partial charge >= 0.3 is 5.97 Å². The van der Waals surface area contributed by atoms with Gasteiger partial charge in [-0.05, 0) is 19.1 Å². The van der Waals surface area contributed by atoms with Gasteiger partial charge in [0.2, 0.25) is 0 Å². The Bertz CT molecular complexity index is 572. The number of carbonyl (C=O) groups is 1. The summed E-state index contributed by atoms with van der Waals surface area (Å²) < 4.78 is 0. The van der Waals surface area contributed by atoms with Crippen LogP contribution in [0.15, 0.2) is 12.1 Å². The van der Waals surface area contributed by atoms with Crippen LogP contribution < -0.4 is 5.73 Å². The molecule has 0 saturated carbocycles. The van der Waals surface area contributed by atoms with Gasteiger partial charge in [0, 0.05) is 28.7 Å². The lowest BCUT2D eigenvalue weighted by Crippen LogP contribution is -2.02. The van der Waals surface area contributed by atoms with Crippen molar-refractivity contribution >= 4 is 16.9 Å². The minimum atomic E-state index is -1.02. The molecule has 0 amide bonds. The largest absolute Gasteiger partial charge is 0.508 e. The molecule has 0 unspecified atom stereocenters. The zero-order valence-electron chi connectivity index (χ0n) is 8.74. The van der Waals surface area contributed by atoms with Crippen molar-refractivity contribution in [2.75, 3.05) is 0 Å². The summed E-state index contributed by atoms with van der Waals surface area (Å²) >= 11 is 0. The molecule has 2 aromatic rings. The highest BCUT2D eigenvalue weighted by Gasteiger charge is 2.19. The summed E-state index contributed by atoms with van der Waals surface area (Å²) in [6, 6.07) is 3.15. The van der Waals surface area contributed by atoms with Gasteiger partial charge < -0.3 is 20.9 Å². The molecule has 0 atom stereocenters. The standard InChI is InChI=1S/C11H12N2O3/c1-5-9(11(15)16)10-6(4-12)8(14)3-2-7(10)13-5/h2-3,13-14H,4,12H2,1H3,(H,15,16). The zero-order valence-corrected chi connectivity index (χ0v) is 8.74. The number of aromatic nitrogens is 1. The Labute approximate surface area is 91.5 Å². The Kier molecular flexibility index (Phi) is 2.32. The first kappa shape index (κ1) is 10.5. The van der Waals surface area contributed by atoms with Crippen LogP contribution >= 0.6 is 0 Å². The molecule has 2 rings (SSSR count). The number of phenols is 1. The molecule has 1 aromatic heterocycles. The molecule has 0 spiro atoms. The van der Waals surface area contributed by atoms with Gasteiger partial charge in [0.1, 0.15) is 5.75 Å². The molecule has 5 nitrogen and oxygen atoms in total. The number of hydrogen-bond donors (Lipinski definition) is 4. The SMILES string of the molecule is Cc1[nH]c2ccc(O)c(CN)c2c1C(=O)O. The third-order valence-electron chi connectivity index (χ3n) is 2.65. The molecule has 5 N–H and O–H groups in total. The second-order valence-corrected chi connectivity index (χ2v) is 3.62. The summed E-state index contributed by atoms with van der Waals surface area (Å²) in [5.74, 6) is -0.999. The molecule has 1 heterocycles. The first-order valence-electron chi connectivity index (χ1n) is 4.82. The summed E-state index contributed by atoms with van der Waals surface area (Å²) in [5, 5.41) is 19.3. The first-order chi connectivity index (χ1) is 7.56. The minimum Gasteiger partial charge on any atom is -0.508 e. The van der Waals surface area contributed by atoms with Gasteiger partial charge in [-0.15, -0.1) is 0 Å². The van der Waals surface area contributed by atoms with Crippen molar-refractivity contribution in [3.05, 3.63) is 29.0 Å². The van der Waals surface area contributed by atoms with Crippen molar-refractivity contribution in [2.45, 2.75) is 13.5 Å². The van der Waals surface area contributed by atoms with Crippen LogP contribution in [0.2, 0.25) is 0 Å². The summed E-state index contributed by atoms with van der Waals surface area (Å²) in [4.78, 5) is 14.1. The van der Waals surface area contributed by atoms with Crippen molar-refractivity contribution in [2.24, 2.45) is 5.73 Å². The predicted molar refractivity (Wildman–Crippen MR) is 59.6 cm³/mol. The van der Waals surface area contributed by atoms with Gasteiger partial charge in [-0.1, -0.05) is 0 Å². The number of carboxylic acids is 1. The number of rotatable bonds is 2. The smallest absolute Gasteiger partial charge is 0.338 e. The second kappa shape index (κ2) is 3.53. The lowest BCUT2D eigenvalue weighted by Gasteiger charge is -2.04. The number of aromatic hydroxyl groups is 1. The van der Waals surface area contributed by atoms with E-state index in [0.717, 1.165) is 0 Å². The van der Waals surface area contributed by atoms with Gasteiger partial charge in [-0.2, -0.15) is 0 Å². The van der Waals surface area contributed by atoms with Crippen molar-refractivity contribution in [1.29, 1.82) is 0 Å². The lowest BCUT2D eigenvalue weighted by atomic mass is 10.0. The van der Waals surface area contributed by atoms with Gasteiger partial charge in [-0.3, -0.25) is 0 Å². The van der Waals surface area contributed by atoms with E-state index in [1.54, 1.807) is 13.0 Å². The maximum Gasteiger partial charge on any atom is 0.338 e. The van der Waals surface area contributed by atoms with E-state index in [2.05, 4.69) is 4.98 Å². The second-order valence-electron chi connectivity index (χ2n) is 3.62. The monoisotopic (exact) mass is 220 g/mol. The highest BCUT2D eigenvalue weighted by Crippen LogP contribution is 2.31. The Morgan fingerprint density at radius 3 is 2.75 bits per heavy atom. The van der Waals surface area contributed by atoms with Crippen LogP contribution in [0.3, 0.4) is 0 Å². The van der Waals surface area contributed by atoms with Crippen molar-refractivity contribution < 1.29 is 15.0 Å². The summed E-state index contributed by atoms with van der Waals surface area (Å²) in [5.41, 5.74) is 7.39. The van der Waals surface area contributed by atoms with Crippen LogP contribution in [-0.4, -0.2) is 21.2 Å². The molecular weight excluding hydrogens is 208 g/mol. The summed E-state index contributed by atoms with van der Waals surface area (Å²) in [7, 11) is 0. The van der Waals surface area contributed by atoms with Gasteiger partial charge in [0.25, 0.3) is 0 Å². The molecular formula is C11H12N2O3. The van der Waals surface area contributed by atoms with E-state index in [4.69, 9.17) is 10.8 Å². The summed E-state index contributed by atoms with van der Waals surface area (Å²) in [6.07, 6.45) is 0. The Morgan fingerprint density at radius 2 is 2.19 bits per heavy atom.